The largest absolute Gasteiger partial charge is 0.481 e. The van der Waals surface area contributed by atoms with Crippen molar-refractivity contribution in [2.75, 3.05) is 13.2 Å². The Labute approximate surface area is 66.2 Å². The Kier molecular flexibility index (Phi) is 5.78. The van der Waals surface area contributed by atoms with Crippen LogP contribution >= 0.6 is 0 Å². The first-order valence-corrected chi connectivity index (χ1v) is 3.73. The van der Waals surface area contributed by atoms with Crippen LogP contribution in [0.15, 0.2) is 0 Å². The Bertz CT molecular complexity index is 116. The van der Waals surface area contributed by atoms with Crippen LogP contribution < -0.4 is 5.32 Å². The zero-order chi connectivity index (χ0) is 8.69. The van der Waals surface area contributed by atoms with E-state index in [1.165, 1.54) is 0 Å². The van der Waals surface area contributed by atoms with Crippen molar-refractivity contribution in [2.45, 2.75) is 25.8 Å². The third-order valence-corrected chi connectivity index (χ3v) is 1.40. The second kappa shape index (κ2) is 6.12. The fourth-order valence-electron chi connectivity index (χ4n) is 0.753. The summed E-state index contributed by atoms with van der Waals surface area (Å²) >= 11 is 0. The molecule has 66 valence electrons. The summed E-state index contributed by atoms with van der Waals surface area (Å²) in [7, 11) is 0. The highest BCUT2D eigenvalue weighted by Gasteiger charge is 2.03. The minimum absolute atomic E-state index is 0.0947. The summed E-state index contributed by atoms with van der Waals surface area (Å²) < 4.78 is 0. The minimum Gasteiger partial charge on any atom is -0.481 e. The summed E-state index contributed by atoms with van der Waals surface area (Å²) in [6, 6.07) is 0.165. The molecule has 4 heteroatoms. The maximum absolute atomic E-state index is 10.1. The summed E-state index contributed by atoms with van der Waals surface area (Å²) in [5, 5.41) is 19.7. The van der Waals surface area contributed by atoms with E-state index in [2.05, 4.69) is 5.32 Å². The lowest BCUT2D eigenvalue weighted by molar-refractivity contribution is -0.137. The molecule has 0 rings (SSSR count). The Hall–Kier alpha value is -0.610. The normalized spacial score (nSPS) is 12.9. The molecule has 0 saturated carbocycles. The van der Waals surface area contributed by atoms with Crippen LogP contribution in [0.5, 0.6) is 0 Å². The summed E-state index contributed by atoms with van der Waals surface area (Å²) in [6.45, 7) is 2.52. The van der Waals surface area contributed by atoms with Crippen molar-refractivity contribution in [3.63, 3.8) is 0 Å². The van der Waals surface area contributed by atoms with E-state index < -0.39 is 5.97 Å². The van der Waals surface area contributed by atoms with Gasteiger partial charge < -0.3 is 15.5 Å². The van der Waals surface area contributed by atoms with Crippen molar-refractivity contribution < 1.29 is 15.0 Å². The number of aliphatic hydroxyl groups excluding tert-OH is 1. The van der Waals surface area contributed by atoms with Gasteiger partial charge >= 0.3 is 5.97 Å². The Morgan fingerprint density at radius 1 is 1.64 bits per heavy atom. The fraction of sp³-hybridized carbons (Fsp3) is 0.857. The molecule has 0 heterocycles. The number of hydrogen-bond donors (Lipinski definition) is 3. The van der Waals surface area contributed by atoms with Crippen LogP contribution in [0.2, 0.25) is 0 Å². The molecule has 0 spiro atoms. The monoisotopic (exact) mass is 161 g/mol. The van der Waals surface area contributed by atoms with Gasteiger partial charge in [-0.1, -0.05) is 0 Å². The maximum atomic E-state index is 10.1. The van der Waals surface area contributed by atoms with Crippen LogP contribution in [0.4, 0.5) is 0 Å². The van der Waals surface area contributed by atoms with E-state index in [1.54, 1.807) is 0 Å². The first kappa shape index (κ1) is 10.4. The molecule has 0 aliphatic carbocycles. The van der Waals surface area contributed by atoms with E-state index in [4.69, 9.17) is 10.2 Å². The molecular weight excluding hydrogens is 146 g/mol. The third kappa shape index (κ3) is 7.29. The molecule has 0 aromatic heterocycles. The van der Waals surface area contributed by atoms with Gasteiger partial charge in [0.1, 0.15) is 0 Å². The van der Waals surface area contributed by atoms with E-state index in [-0.39, 0.29) is 19.1 Å². The molecule has 0 aromatic rings. The molecule has 4 nitrogen and oxygen atoms in total. The number of carboxylic acids is 1. The van der Waals surface area contributed by atoms with Crippen LogP contribution in [0.25, 0.3) is 0 Å². The molecule has 3 N–H and O–H groups in total. The molecule has 0 aromatic carbocycles. The van der Waals surface area contributed by atoms with Crippen LogP contribution in [0.3, 0.4) is 0 Å². The van der Waals surface area contributed by atoms with Crippen molar-refractivity contribution >= 4 is 5.97 Å². The first-order chi connectivity index (χ1) is 5.16. The summed E-state index contributed by atoms with van der Waals surface area (Å²) in [4.78, 5) is 10.1. The molecule has 1 atom stereocenters. The molecule has 0 bridgehead atoms. The van der Waals surface area contributed by atoms with E-state index in [1.807, 2.05) is 6.92 Å². The summed E-state index contributed by atoms with van der Waals surface area (Å²) in [6.07, 6.45) is 0.787. The van der Waals surface area contributed by atoms with Crippen molar-refractivity contribution in [1.29, 1.82) is 0 Å². The lowest BCUT2D eigenvalue weighted by Crippen LogP contribution is -2.29. The highest BCUT2D eigenvalue weighted by Crippen LogP contribution is 1.94. The molecular formula is C7H15NO3. The van der Waals surface area contributed by atoms with Gasteiger partial charge in [-0.2, -0.15) is 0 Å². The standard InChI is InChI=1S/C7H15NO3/c1-6(8-4-5-9)2-3-7(10)11/h6,8-9H,2-5H2,1H3,(H,10,11). The zero-order valence-electron chi connectivity index (χ0n) is 6.71. The van der Waals surface area contributed by atoms with E-state index >= 15 is 0 Å². The fourth-order valence-corrected chi connectivity index (χ4v) is 0.753. The molecule has 0 amide bonds. The van der Waals surface area contributed by atoms with Crippen molar-refractivity contribution in [1.82, 2.24) is 5.32 Å². The van der Waals surface area contributed by atoms with Gasteiger partial charge in [-0.25, -0.2) is 0 Å². The smallest absolute Gasteiger partial charge is 0.303 e. The number of aliphatic hydroxyl groups is 1. The highest BCUT2D eigenvalue weighted by molar-refractivity contribution is 5.66. The van der Waals surface area contributed by atoms with Crippen LogP contribution in [-0.4, -0.2) is 35.4 Å². The predicted octanol–water partition coefficient (Wildman–Crippen LogP) is -0.178. The number of rotatable bonds is 6. The second-order valence-corrected chi connectivity index (χ2v) is 2.51. The molecule has 0 radical (unpaired) electrons. The van der Waals surface area contributed by atoms with Gasteiger partial charge in [-0.05, 0) is 13.3 Å². The lowest BCUT2D eigenvalue weighted by atomic mass is 10.2. The van der Waals surface area contributed by atoms with Crippen molar-refractivity contribution in [2.24, 2.45) is 0 Å². The first-order valence-electron chi connectivity index (χ1n) is 3.73. The van der Waals surface area contributed by atoms with Gasteiger partial charge in [0.05, 0.1) is 6.61 Å². The van der Waals surface area contributed by atoms with Crippen LogP contribution in [0.1, 0.15) is 19.8 Å². The van der Waals surface area contributed by atoms with Crippen LogP contribution in [-0.2, 0) is 4.79 Å². The lowest BCUT2D eigenvalue weighted by Gasteiger charge is -2.10. The van der Waals surface area contributed by atoms with E-state index in [0.717, 1.165) is 0 Å². The topological polar surface area (TPSA) is 69.6 Å². The predicted molar refractivity (Wildman–Crippen MR) is 41.4 cm³/mol. The van der Waals surface area contributed by atoms with Gasteiger partial charge in [0.25, 0.3) is 0 Å². The van der Waals surface area contributed by atoms with E-state index in [9.17, 15) is 4.79 Å². The van der Waals surface area contributed by atoms with Gasteiger partial charge in [0, 0.05) is 19.0 Å². The van der Waals surface area contributed by atoms with Crippen molar-refractivity contribution in [3.05, 3.63) is 0 Å². The maximum Gasteiger partial charge on any atom is 0.303 e. The van der Waals surface area contributed by atoms with Gasteiger partial charge in [0.2, 0.25) is 0 Å². The average molecular weight is 161 g/mol. The molecule has 0 aliphatic heterocycles. The van der Waals surface area contributed by atoms with Gasteiger partial charge in [-0.15, -0.1) is 0 Å². The minimum atomic E-state index is -0.775. The molecule has 0 aliphatic rings. The number of nitrogens with one attached hydrogen (secondary N) is 1. The van der Waals surface area contributed by atoms with Gasteiger partial charge in [0.15, 0.2) is 0 Å². The third-order valence-electron chi connectivity index (χ3n) is 1.40. The molecule has 0 fully saturated rings. The van der Waals surface area contributed by atoms with Gasteiger partial charge in [-0.3, -0.25) is 4.79 Å². The number of hydrogen-bond acceptors (Lipinski definition) is 3. The average Bonchev–Trinajstić information content (AvgIpc) is 1.97. The molecule has 1 unspecified atom stereocenters. The van der Waals surface area contributed by atoms with E-state index in [0.29, 0.717) is 13.0 Å². The number of carboxylic acid groups (broad SMARTS) is 1. The Balaban J connectivity index is 3.22. The summed E-state index contributed by atoms with van der Waals surface area (Å²) in [5.41, 5.74) is 0. The number of aliphatic carboxylic acids is 1. The zero-order valence-corrected chi connectivity index (χ0v) is 6.71. The Morgan fingerprint density at radius 3 is 2.73 bits per heavy atom. The summed E-state index contributed by atoms with van der Waals surface area (Å²) in [5.74, 6) is -0.775. The molecule has 0 saturated heterocycles. The SMILES string of the molecule is CC(CCC(=O)O)NCCO. The second-order valence-electron chi connectivity index (χ2n) is 2.51. The highest BCUT2D eigenvalue weighted by atomic mass is 16.4. The molecule has 11 heavy (non-hydrogen) atoms. The Morgan fingerprint density at radius 2 is 2.27 bits per heavy atom. The number of carbonyl (C=O) groups is 1. The quantitative estimate of drug-likeness (QED) is 0.505. The van der Waals surface area contributed by atoms with Crippen LogP contribution in [0, 0.1) is 0 Å². The van der Waals surface area contributed by atoms with Crippen molar-refractivity contribution in [3.8, 4) is 0 Å².